The van der Waals surface area contributed by atoms with Crippen LogP contribution < -0.4 is 5.32 Å². The zero-order chi connectivity index (χ0) is 20.4. The number of aromatic hydroxyl groups is 1. The zero-order valence-corrected chi connectivity index (χ0v) is 16.0. The molecule has 2 fully saturated rings. The number of nitrogens with zero attached hydrogens (tertiary/aromatic N) is 3. The van der Waals surface area contributed by atoms with Crippen LogP contribution in [0.25, 0.3) is 0 Å². The Bertz CT molecular complexity index is 683. The van der Waals surface area contributed by atoms with Crippen LogP contribution in [0.1, 0.15) is 31.2 Å². The largest absolute Gasteiger partial charge is 0.508 e. The predicted molar refractivity (Wildman–Crippen MR) is 104 cm³/mol. The van der Waals surface area contributed by atoms with Crippen LogP contribution in [-0.4, -0.2) is 64.7 Å². The van der Waals surface area contributed by atoms with E-state index in [1.54, 1.807) is 12.1 Å². The van der Waals surface area contributed by atoms with Crippen LogP contribution in [0.3, 0.4) is 0 Å². The number of carbonyl (C=O) groups excluding carboxylic acids is 1. The van der Waals surface area contributed by atoms with Gasteiger partial charge in [0.2, 0.25) is 0 Å². The molecule has 1 atom stereocenters. The van der Waals surface area contributed by atoms with Gasteiger partial charge >= 0.3 is 6.03 Å². The number of hydrogen-bond donors (Lipinski definition) is 3. The first kappa shape index (κ1) is 21.5. The summed E-state index contributed by atoms with van der Waals surface area (Å²) >= 11 is 0. The highest BCUT2D eigenvalue weighted by Gasteiger charge is 2.26. The number of nitrogens with one attached hydrogen (secondary N) is 1. The number of hydrogen-bond acceptors (Lipinski definition) is 5. The number of rotatable bonds is 3. The van der Waals surface area contributed by atoms with Crippen molar-refractivity contribution in [2.75, 3.05) is 26.2 Å². The number of phenols is 1. The topological polar surface area (TPSA) is 117 Å². The van der Waals surface area contributed by atoms with E-state index in [2.05, 4.69) is 16.3 Å². The molecule has 1 aromatic carbocycles. The molecule has 1 unspecified atom stereocenters. The molecule has 8 heteroatoms. The fourth-order valence-electron chi connectivity index (χ4n) is 3.71. The molecule has 3 N–H and O–H groups in total. The number of urea groups is 1. The van der Waals surface area contributed by atoms with Gasteiger partial charge in [0.1, 0.15) is 5.75 Å². The standard InChI is InChI=1S/C19H26N4O2.CH2O2/c20-12-15-6-9-23(10-7-15)19(25)21-17-4-2-8-22(14-17)13-16-3-1-5-18(24)11-16;2-1-3/h1,3,5,11,15,17,24H,2,4,6-10,13-14H2,(H,21,25);1H,(H,2,3). The van der Waals surface area contributed by atoms with Crippen LogP contribution in [-0.2, 0) is 11.3 Å². The SMILES string of the molecule is N#CC1CCN(C(=O)NC2CCCN(Cc3cccc(O)c3)C2)CC1.O=CO. The van der Waals surface area contributed by atoms with E-state index in [4.69, 9.17) is 15.2 Å². The summed E-state index contributed by atoms with van der Waals surface area (Å²) in [4.78, 5) is 25.0. The van der Waals surface area contributed by atoms with E-state index in [1.807, 2.05) is 17.0 Å². The molecule has 0 spiro atoms. The highest BCUT2D eigenvalue weighted by Crippen LogP contribution is 2.19. The quantitative estimate of drug-likeness (QED) is 0.682. The molecule has 152 valence electrons. The number of amides is 2. The van der Waals surface area contributed by atoms with Crippen molar-refractivity contribution in [2.45, 2.75) is 38.3 Å². The molecule has 0 saturated carbocycles. The first-order chi connectivity index (χ1) is 13.5. The van der Waals surface area contributed by atoms with Gasteiger partial charge in [-0.15, -0.1) is 0 Å². The summed E-state index contributed by atoms with van der Waals surface area (Å²) in [5.41, 5.74) is 1.09. The highest BCUT2D eigenvalue weighted by atomic mass is 16.3. The Balaban J connectivity index is 0.000000878. The van der Waals surface area contributed by atoms with Crippen molar-refractivity contribution in [3.63, 3.8) is 0 Å². The first-order valence-electron chi connectivity index (χ1n) is 9.59. The van der Waals surface area contributed by atoms with Gasteiger partial charge in [0.15, 0.2) is 0 Å². The molecule has 3 rings (SSSR count). The molecule has 2 aliphatic rings. The van der Waals surface area contributed by atoms with E-state index in [-0.39, 0.29) is 24.5 Å². The van der Waals surface area contributed by atoms with Gasteiger partial charge in [0.25, 0.3) is 6.47 Å². The maximum Gasteiger partial charge on any atom is 0.317 e. The molecule has 1 aromatic rings. The van der Waals surface area contributed by atoms with Gasteiger partial charge in [-0.3, -0.25) is 9.69 Å². The highest BCUT2D eigenvalue weighted by molar-refractivity contribution is 5.74. The minimum atomic E-state index is -0.250. The van der Waals surface area contributed by atoms with Gasteiger partial charge in [-0.05, 0) is 49.9 Å². The summed E-state index contributed by atoms with van der Waals surface area (Å²) in [6.45, 7) is 3.72. The van der Waals surface area contributed by atoms with Gasteiger partial charge in [-0.2, -0.15) is 5.26 Å². The fourth-order valence-corrected chi connectivity index (χ4v) is 3.71. The number of nitriles is 1. The minimum Gasteiger partial charge on any atom is -0.508 e. The van der Waals surface area contributed by atoms with Crippen LogP contribution >= 0.6 is 0 Å². The average Bonchev–Trinajstić information content (AvgIpc) is 2.69. The molecule has 28 heavy (non-hydrogen) atoms. The molecule has 8 nitrogen and oxygen atoms in total. The molecule has 2 heterocycles. The van der Waals surface area contributed by atoms with Crippen molar-refractivity contribution in [3.8, 4) is 11.8 Å². The maximum absolute atomic E-state index is 12.5. The van der Waals surface area contributed by atoms with E-state index in [0.717, 1.165) is 50.9 Å². The molecular formula is C20H28N4O4. The van der Waals surface area contributed by atoms with E-state index in [0.29, 0.717) is 18.8 Å². The fraction of sp³-hybridized carbons (Fsp3) is 0.550. The second-order valence-corrected chi connectivity index (χ2v) is 7.19. The summed E-state index contributed by atoms with van der Waals surface area (Å²) in [7, 11) is 0. The van der Waals surface area contributed by atoms with Crippen molar-refractivity contribution in [1.82, 2.24) is 15.1 Å². The smallest absolute Gasteiger partial charge is 0.317 e. The van der Waals surface area contributed by atoms with Crippen LogP contribution in [0.2, 0.25) is 0 Å². The molecule has 0 aromatic heterocycles. The Hall–Kier alpha value is -2.79. The lowest BCUT2D eigenvalue weighted by atomic mass is 9.99. The molecular weight excluding hydrogens is 360 g/mol. The van der Waals surface area contributed by atoms with Crippen LogP contribution in [0, 0.1) is 17.2 Å². The van der Waals surface area contributed by atoms with Gasteiger partial charge in [0.05, 0.1) is 6.07 Å². The van der Waals surface area contributed by atoms with Crippen molar-refractivity contribution in [2.24, 2.45) is 5.92 Å². The number of likely N-dealkylation sites (tertiary alicyclic amines) is 2. The van der Waals surface area contributed by atoms with Crippen LogP contribution in [0.5, 0.6) is 5.75 Å². The third kappa shape index (κ3) is 6.74. The van der Waals surface area contributed by atoms with E-state index >= 15 is 0 Å². The summed E-state index contributed by atoms with van der Waals surface area (Å²) in [5.74, 6) is 0.386. The van der Waals surface area contributed by atoms with Gasteiger partial charge in [-0.25, -0.2) is 4.79 Å². The van der Waals surface area contributed by atoms with Gasteiger partial charge in [0, 0.05) is 38.1 Å². The Morgan fingerprint density at radius 1 is 1.29 bits per heavy atom. The second-order valence-electron chi connectivity index (χ2n) is 7.19. The third-order valence-corrected chi connectivity index (χ3v) is 5.11. The van der Waals surface area contributed by atoms with Crippen molar-refractivity contribution in [1.29, 1.82) is 5.26 Å². The Labute approximate surface area is 165 Å². The molecule has 2 aliphatic heterocycles. The number of piperidine rings is 2. The molecule has 0 radical (unpaired) electrons. The minimum absolute atomic E-state index is 0.000551. The van der Waals surface area contributed by atoms with Crippen molar-refractivity contribution < 1.29 is 19.8 Å². The lowest BCUT2D eigenvalue weighted by Gasteiger charge is -2.35. The molecule has 2 saturated heterocycles. The second kappa shape index (κ2) is 11.1. The average molecular weight is 388 g/mol. The maximum atomic E-state index is 12.5. The van der Waals surface area contributed by atoms with Crippen molar-refractivity contribution in [3.05, 3.63) is 29.8 Å². The lowest BCUT2D eigenvalue weighted by Crippen LogP contribution is -2.52. The number of carboxylic acid groups (broad SMARTS) is 1. The summed E-state index contributed by atoms with van der Waals surface area (Å²) in [6, 6.07) is 9.80. The summed E-state index contributed by atoms with van der Waals surface area (Å²) < 4.78 is 0. The number of phenolic OH excluding ortho intramolecular Hbond substituents is 1. The molecule has 0 aliphatic carbocycles. The third-order valence-electron chi connectivity index (χ3n) is 5.11. The Kier molecular flexibility index (Phi) is 8.56. The number of carbonyl (C=O) groups is 2. The summed E-state index contributed by atoms with van der Waals surface area (Å²) in [6.07, 6.45) is 3.60. The predicted octanol–water partition coefficient (Wildman–Crippen LogP) is 2.00. The van der Waals surface area contributed by atoms with Crippen LogP contribution in [0.4, 0.5) is 4.79 Å². The molecule has 2 amide bonds. The van der Waals surface area contributed by atoms with E-state index < -0.39 is 0 Å². The van der Waals surface area contributed by atoms with Crippen molar-refractivity contribution >= 4 is 12.5 Å². The normalized spacial score (nSPS) is 20.4. The molecule has 0 bridgehead atoms. The zero-order valence-electron chi connectivity index (χ0n) is 16.0. The first-order valence-corrected chi connectivity index (χ1v) is 9.59. The summed E-state index contributed by atoms with van der Waals surface area (Å²) in [5, 5.41) is 28.6. The Morgan fingerprint density at radius 3 is 2.64 bits per heavy atom. The van der Waals surface area contributed by atoms with Gasteiger partial charge < -0.3 is 20.4 Å². The Morgan fingerprint density at radius 2 is 2.00 bits per heavy atom. The van der Waals surface area contributed by atoms with Crippen LogP contribution in [0.15, 0.2) is 24.3 Å². The number of benzene rings is 1. The van der Waals surface area contributed by atoms with Gasteiger partial charge in [-0.1, -0.05) is 12.1 Å². The monoisotopic (exact) mass is 388 g/mol. The van der Waals surface area contributed by atoms with E-state index in [9.17, 15) is 9.90 Å². The van der Waals surface area contributed by atoms with E-state index in [1.165, 1.54) is 0 Å². The lowest BCUT2D eigenvalue weighted by molar-refractivity contribution is -0.122.